The van der Waals surface area contributed by atoms with Gasteiger partial charge in [0.2, 0.25) is 5.95 Å². The summed E-state index contributed by atoms with van der Waals surface area (Å²) < 4.78 is 5.12. The van der Waals surface area contributed by atoms with E-state index >= 15 is 0 Å². The number of hydrogen-bond donors (Lipinski definition) is 3. The highest BCUT2D eigenvalue weighted by molar-refractivity contribution is 7.10. The van der Waals surface area contributed by atoms with Crippen LogP contribution in [0.15, 0.2) is 16.2 Å². The van der Waals surface area contributed by atoms with E-state index < -0.39 is 0 Å². The zero-order chi connectivity index (χ0) is 13.4. The number of aromatic amines is 2. The van der Waals surface area contributed by atoms with Gasteiger partial charge in [0.1, 0.15) is 11.6 Å². The summed E-state index contributed by atoms with van der Waals surface area (Å²) >= 11 is 1.57. The van der Waals surface area contributed by atoms with Crippen molar-refractivity contribution in [2.75, 3.05) is 12.8 Å². The maximum atomic E-state index is 11.7. The third kappa shape index (κ3) is 2.17. The van der Waals surface area contributed by atoms with Crippen LogP contribution in [0.1, 0.15) is 10.7 Å². The molecule has 3 aromatic rings. The Hall–Kier alpha value is -2.35. The van der Waals surface area contributed by atoms with E-state index in [1.807, 2.05) is 11.4 Å². The minimum absolute atomic E-state index is 0.0633. The second-order valence-corrected chi connectivity index (χ2v) is 4.96. The number of anilines is 1. The van der Waals surface area contributed by atoms with Gasteiger partial charge < -0.3 is 15.5 Å². The minimum atomic E-state index is -0.315. The van der Waals surface area contributed by atoms with Crippen LogP contribution in [0.3, 0.4) is 0 Å². The first-order valence-electron chi connectivity index (χ1n) is 5.51. The number of nitrogen functional groups attached to an aromatic ring is 1. The molecule has 3 aromatic heterocycles. The lowest BCUT2D eigenvalue weighted by molar-refractivity contribution is 0.416. The van der Waals surface area contributed by atoms with E-state index in [2.05, 4.69) is 19.9 Å². The number of aromatic nitrogens is 4. The fraction of sp³-hybridized carbons (Fsp3) is 0.182. The molecule has 0 aliphatic rings. The molecule has 0 atom stereocenters. The molecule has 4 N–H and O–H groups in total. The van der Waals surface area contributed by atoms with Gasteiger partial charge in [0.15, 0.2) is 11.2 Å². The fourth-order valence-corrected chi connectivity index (χ4v) is 2.62. The third-order valence-electron chi connectivity index (χ3n) is 2.64. The third-order valence-corrected chi connectivity index (χ3v) is 3.55. The Morgan fingerprint density at radius 1 is 1.42 bits per heavy atom. The van der Waals surface area contributed by atoms with Gasteiger partial charge in [-0.25, -0.2) is 4.98 Å². The molecule has 0 aliphatic carbocycles. The number of nitrogens with two attached hydrogens (primary N) is 1. The van der Waals surface area contributed by atoms with Crippen molar-refractivity contribution in [2.24, 2.45) is 0 Å². The van der Waals surface area contributed by atoms with Crippen LogP contribution in [0, 0.1) is 0 Å². The van der Waals surface area contributed by atoms with Crippen LogP contribution in [-0.4, -0.2) is 27.0 Å². The first kappa shape index (κ1) is 11.7. The summed E-state index contributed by atoms with van der Waals surface area (Å²) in [5.74, 6) is 1.55. The molecule has 0 saturated carbocycles. The first-order chi connectivity index (χ1) is 9.15. The molecule has 0 amide bonds. The molecule has 0 fully saturated rings. The summed E-state index contributed by atoms with van der Waals surface area (Å²) in [5.41, 5.74) is 5.83. The highest BCUT2D eigenvalue weighted by Crippen LogP contribution is 2.23. The maximum Gasteiger partial charge on any atom is 0.278 e. The Labute approximate surface area is 111 Å². The summed E-state index contributed by atoms with van der Waals surface area (Å²) in [7, 11) is 1.62. The van der Waals surface area contributed by atoms with Crippen LogP contribution in [0.4, 0.5) is 5.95 Å². The predicted molar refractivity (Wildman–Crippen MR) is 72.6 cm³/mol. The number of H-pyrrole nitrogens is 2. The van der Waals surface area contributed by atoms with Crippen molar-refractivity contribution in [3.05, 3.63) is 32.5 Å². The van der Waals surface area contributed by atoms with Gasteiger partial charge in [-0.3, -0.25) is 9.78 Å². The molecule has 98 valence electrons. The fourth-order valence-electron chi connectivity index (χ4n) is 1.78. The molecule has 3 heterocycles. The summed E-state index contributed by atoms with van der Waals surface area (Å²) in [4.78, 5) is 26.4. The first-order valence-corrected chi connectivity index (χ1v) is 6.39. The zero-order valence-corrected chi connectivity index (χ0v) is 10.9. The van der Waals surface area contributed by atoms with Crippen LogP contribution in [-0.2, 0) is 6.42 Å². The molecule has 0 unspecified atom stereocenters. The second kappa shape index (κ2) is 4.39. The van der Waals surface area contributed by atoms with Gasteiger partial charge in [0, 0.05) is 16.7 Å². The van der Waals surface area contributed by atoms with Crippen LogP contribution in [0.5, 0.6) is 5.75 Å². The number of rotatable bonds is 3. The normalized spacial score (nSPS) is 11.0. The Morgan fingerprint density at radius 3 is 3.00 bits per heavy atom. The molecular weight excluding hydrogens is 266 g/mol. The van der Waals surface area contributed by atoms with Gasteiger partial charge >= 0.3 is 0 Å². The molecule has 19 heavy (non-hydrogen) atoms. The summed E-state index contributed by atoms with van der Waals surface area (Å²) in [6.07, 6.45) is 0.587. The Kier molecular flexibility index (Phi) is 2.71. The largest absolute Gasteiger partial charge is 0.496 e. The average Bonchev–Trinajstić information content (AvgIpc) is 2.96. The zero-order valence-electron chi connectivity index (χ0n) is 10.1. The number of nitrogens with zero attached hydrogens (tertiary/aromatic N) is 2. The van der Waals surface area contributed by atoms with E-state index in [0.717, 1.165) is 10.6 Å². The van der Waals surface area contributed by atoms with Gasteiger partial charge in [0.05, 0.1) is 7.11 Å². The summed E-state index contributed by atoms with van der Waals surface area (Å²) in [6, 6.07) is 1.93. The highest BCUT2D eigenvalue weighted by atomic mass is 32.1. The number of ether oxygens (including phenoxy) is 1. The van der Waals surface area contributed by atoms with Gasteiger partial charge in [-0.2, -0.15) is 4.98 Å². The Bertz CT molecular complexity index is 788. The number of thiophene rings is 1. The number of fused-ring (bicyclic) bond motifs is 1. The van der Waals surface area contributed by atoms with Gasteiger partial charge in [-0.15, -0.1) is 11.3 Å². The van der Waals surface area contributed by atoms with Crippen molar-refractivity contribution < 1.29 is 4.74 Å². The number of nitrogens with one attached hydrogen (secondary N) is 2. The SMILES string of the molecule is COc1csc(Cc2nc3nc(N)[nH]c(=O)c3[nH]2)c1. The molecular formula is C11H11N5O2S. The van der Waals surface area contributed by atoms with E-state index in [1.165, 1.54) is 0 Å². The van der Waals surface area contributed by atoms with Crippen LogP contribution in [0.2, 0.25) is 0 Å². The van der Waals surface area contributed by atoms with Gasteiger partial charge in [-0.1, -0.05) is 0 Å². The average molecular weight is 277 g/mol. The van der Waals surface area contributed by atoms with E-state index in [0.29, 0.717) is 23.4 Å². The molecule has 8 heteroatoms. The monoisotopic (exact) mass is 277 g/mol. The second-order valence-electron chi connectivity index (χ2n) is 3.96. The molecule has 0 aromatic carbocycles. The van der Waals surface area contributed by atoms with Crippen LogP contribution in [0.25, 0.3) is 11.2 Å². The quantitative estimate of drug-likeness (QED) is 0.658. The molecule has 0 aliphatic heterocycles. The molecule has 0 saturated heterocycles. The summed E-state index contributed by atoms with van der Waals surface area (Å²) in [5, 5.41) is 1.92. The van der Waals surface area contributed by atoms with E-state index in [4.69, 9.17) is 10.5 Å². The number of methoxy groups -OCH3 is 1. The lowest BCUT2D eigenvalue weighted by Gasteiger charge is -1.92. The van der Waals surface area contributed by atoms with Crippen molar-refractivity contribution in [1.82, 2.24) is 19.9 Å². The van der Waals surface area contributed by atoms with Gasteiger partial charge in [0.25, 0.3) is 5.56 Å². The smallest absolute Gasteiger partial charge is 0.278 e. The van der Waals surface area contributed by atoms with Crippen molar-refractivity contribution >= 4 is 28.4 Å². The highest BCUT2D eigenvalue weighted by Gasteiger charge is 2.10. The number of imidazole rings is 1. The van der Waals surface area contributed by atoms with E-state index in [9.17, 15) is 4.79 Å². The number of hydrogen-bond acceptors (Lipinski definition) is 6. The molecule has 7 nitrogen and oxygen atoms in total. The Balaban J connectivity index is 1.97. The molecule has 0 bridgehead atoms. The standard InChI is InChI=1S/C11H11N5O2S/c1-18-5-2-6(19-4-5)3-7-13-8-9(14-7)15-11(12)16-10(8)17/h2,4H,3H2,1H3,(H4,12,13,14,15,16,17). The molecule has 0 spiro atoms. The Morgan fingerprint density at radius 2 is 2.26 bits per heavy atom. The van der Waals surface area contributed by atoms with Crippen molar-refractivity contribution in [3.8, 4) is 5.75 Å². The van der Waals surface area contributed by atoms with Gasteiger partial charge in [-0.05, 0) is 6.07 Å². The van der Waals surface area contributed by atoms with Crippen LogP contribution < -0.4 is 16.0 Å². The summed E-state index contributed by atoms with van der Waals surface area (Å²) in [6.45, 7) is 0. The van der Waals surface area contributed by atoms with E-state index in [1.54, 1.807) is 18.4 Å². The van der Waals surface area contributed by atoms with Crippen molar-refractivity contribution in [1.29, 1.82) is 0 Å². The predicted octanol–water partition coefficient (Wildman–Crippen LogP) is 0.889. The van der Waals surface area contributed by atoms with E-state index in [-0.39, 0.29) is 11.5 Å². The maximum absolute atomic E-state index is 11.7. The van der Waals surface area contributed by atoms with Crippen molar-refractivity contribution in [3.63, 3.8) is 0 Å². The lowest BCUT2D eigenvalue weighted by atomic mass is 10.3. The lowest BCUT2D eigenvalue weighted by Crippen LogP contribution is -2.10. The van der Waals surface area contributed by atoms with Crippen molar-refractivity contribution in [2.45, 2.75) is 6.42 Å². The topological polar surface area (TPSA) is 110 Å². The minimum Gasteiger partial charge on any atom is -0.496 e. The molecule has 3 rings (SSSR count). The van der Waals surface area contributed by atoms with Crippen LogP contribution >= 0.6 is 11.3 Å². The molecule has 0 radical (unpaired) electrons.